The zero-order valence-electron chi connectivity index (χ0n) is 20.1. The highest BCUT2D eigenvalue weighted by Crippen LogP contribution is 2.26. The summed E-state index contributed by atoms with van der Waals surface area (Å²) < 4.78 is 13.7. The topological polar surface area (TPSA) is 65.4 Å². The minimum absolute atomic E-state index is 0.0365. The molecule has 1 heterocycles. The quantitative estimate of drug-likeness (QED) is 0.267. The van der Waals surface area contributed by atoms with Crippen LogP contribution < -0.4 is 14.8 Å². The van der Waals surface area contributed by atoms with E-state index in [2.05, 4.69) is 16.0 Å². The van der Waals surface area contributed by atoms with Gasteiger partial charge in [0.1, 0.15) is 17.3 Å². The zero-order valence-corrected chi connectivity index (χ0v) is 20.8. The molecule has 3 aromatic carbocycles. The Labute approximate surface area is 210 Å². The number of aromatic nitrogens is 2. The van der Waals surface area contributed by atoms with Gasteiger partial charge in [0.15, 0.2) is 6.61 Å². The second kappa shape index (κ2) is 11.8. The van der Waals surface area contributed by atoms with Crippen LogP contribution in [-0.2, 0) is 17.9 Å². The molecule has 0 bridgehead atoms. The number of nitrogens with one attached hydrogen (secondary N) is 1. The molecule has 182 valence electrons. The number of imidazole rings is 1. The molecule has 0 aliphatic heterocycles. The van der Waals surface area contributed by atoms with Gasteiger partial charge in [-0.1, -0.05) is 41.9 Å². The fourth-order valence-corrected chi connectivity index (χ4v) is 4.06. The lowest BCUT2D eigenvalue weighted by molar-refractivity contribution is -0.123. The number of hydrogen-bond donors (Lipinski definition) is 1. The van der Waals surface area contributed by atoms with Gasteiger partial charge in [0.2, 0.25) is 0 Å². The number of amides is 1. The summed E-state index contributed by atoms with van der Waals surface area (Å²) in [6, 6.07) is 21.3. The summed E-state index contributed by atoms with van der Waals surface area (Å²) >= 11 is 6.25. The molecule has 0 spiro atoms. The van der Waals surface area contributed by atoms with Gasteiger partial charge >= 0.3 is 0 Å². The summed E-state index contributed by atoms with van der Waals surface area (Å²) in [5.74, 6) is 2.15. The first-order valence-electron chi connectivity index (χ1n) is 11.8. The Balaban J connectivity index is 1.31. The van der Waals surface area contributed by atoms with Gasteiger partial charge in [0, 0.05) is 11.6 Å². The van der Waals surface area contributed by atoms with Crippen molar-refractivity contribution in [3.05, 3.63) is 88.7 Å². The first-order valence-corrected chi connectivity index (χ1v) is 12.2. The van der Waals surface area contributed by atoms with Crippen LogP contribution in [0, 0.1) is 13.8 Å². The molecule has 0 aliphatic carbocycles. The van der Waals surface area contributed by atoms with Crippen molar-refractivity contribution in [1.82, 2.24) is 14.9 Å². The number of rotatable bonds is 11. The third kappa shape index (κ3) is 6.55. The first-order chi connectivity index (χ1) is 17.0. The van der Waals surface area contributed by atoms with E-state index in [9.17, 15) is 4.79 Å². The number of benzene rings is 3. The maximum atomic E-state index is 12.3. The van der Waals surface area contributed by atoms with Crippen molar-refractivity contribution in [2.75, 3.05) is 13.2 Å². The summed E-state index contributed by atoms with van der Waals surface area (Å²) in [5.41, 5.74) is 4.02. The number of fused-ring (bicyclic) bond motifs is 1. The van der Waals surface area contributed by atoms with Crippen LogP contribution in [0.3, 0.4) is 0 Å². The number of nitrogens with zero attached hydrogens (tertiary/aromatic N) is 2. The molecule has 0 unspecified atom stereocenters. The Morgan fingerprint density at radius 3 is 2.43 bits per heavy atom. The van der Waals surface area contributed by atoms with E-state index in [1.807, 2.05) is 74.5 Å². The Hall–Kier alpha value is -3.51. The average molecular weight is 492 g/mol. The molecular formula is C28H30ClN3O3. The van der Waals surface area contributed by atoms with Gasteiger partial charge in [-0.15, -0.1) is 0 Å². The SMILES string of the molecule is Cc1cc(OCCCCn2c(CNC(=O)COc3ccccc3)nc3ccccc32)cc(C)c1Cl. The molecule has 0 aliphatic rings. The lowest BCUT2D eigenvalue weighted by Crippen LogP contribution is -2.29. The van der Waals surface area contributed by atoms with Gasteiger partial charge in [0.05, 0.1) is 24.2 Å². The largest absolute Gasteiger partial charge is 0.494 e. The zero-order chi connectivity index (χ0) is 24.6. The lowest BCUT2D eigenvalue weighted by atomic mass is 10.1. The van der Waals surface area contributed by atoms with E-state index in [0.29, 0.717) is 18.9 Å². The van der Waals surface area contributed by atoms with Gasteiger partial charge in [-0.25, -0.2) is 4.98 Å². The summed E-state index contributed by atoms with van der Waals surface area (Å²) in [6.07, 6.45) is 1.81. The lowest BCUT2D eigenvalue weighted by Gasteiger charge is -2.12. The number of carbonyl (C=O) groups excluding carboxylic acids is 1. The summed E-state index contributed by atoms with van der Waals surface area (Å²) in [4.78, 5) is 17.1. The fraction of sp³-hybridized carbons (Fsp3) is 0.286. The van der Waals surface area contributed by atoms with E-state index in [1.165, 1.54) is 0 Å². The summed E-state index contributed by atoms with van der Waals surface area (Å²) in [7, 11) is 0. The third-order valence-corrected chi connectivity index (χ3v) is 6.34. The van der Waals surface area contributed by atoms with Crippen molar-refractivity contribution in [3.63, 3.8) is 0 Å². The van der Waals surface area contributed by atoms with E-state index in [4.69, 9.17) is 26.1 Å². The van der Waals surface area contributed by atoms with Crippen molar-refractivity contribution in [3.8, 4) is 11.5 Å². The number of aryl methyl sites for hydroxylation is 3. The van der Waals surface area contributed by atoms with Crippen LogP contribution in [0.25, 0.3) is 11.0 Å². The number of carbonyl (C=O) groups is 1. The first kappa shape index (κ1) is 24.6. The summed E-state index contributed by atoms with van der Waals surface area (Å²) in [5, 5.41) is 3.71. The standard InChI is InChI=1S/C28H30ClN3O3/c1-20-16-23(17-21(2)28(20)29)34-15-9-8-14-32-25-13-7-6-12-24(25)31-26(32)18-30-27(33)19-35-22-10-4-3-5-11-22/h3-7,10-13,16-17H,8-9,14-15,18-19H2,1-2H3,(H,30,33). The van der Waals surface area contributed by atoms with Crippen LogP contribution in [-0.4, -0.2) is 28.7 Å². The number of ether oxygens (including phenoxy) is 2. The molecule has 1 aromatic heterocycles. The molecule has 0 atom stereocenters. The van der Waals surface area contributed by atoms with Crippen LogP contribution >= 0.6 is 11.6 Å². The molecule has 4 rings (SSSR count). The van der Waals surface area contributed by atoms with Gasteiger partial charge in [0.25, 0.3) is 5.91 Å². The Bertz CT molecular complexity index is 1260. The highest BCUT2D eigenvalue weighted by Gasteiger charge is 2.12. The highest BCUT2D eigenvalue weighted by molar-refractivity contribution is 6.32. The van der Waals surface area contributed by atoms with E-state index >= 15 is 0 Å². The van der Waals surface area contributed by atoms with E-state index < -0.39 is 0 Å². The van der Waals surface area contributed by atoms with E-state index in [-0.39, 0.29) is 12.5 Å². The predicted octanol–water partition coefficient (Wildman–Crippen LogP) is 5.86. The fourth-order valence-electron chi connectivity index (χ4n) is 3.96. The van der Waals surface area contributed by atoms with E-state index in [0.717, 1.165) is 58.1 Å². The number of unbranched alkanes of at least 4 members (excludes halogenated alkanes) is 1. The van der Waals surface area contributed by atoms with Crippen molar-refractivity contribution in [2.24, 2.45) is 0 Å². The molecule has 7 heteroatoms. The molecule has 6 nitrogen and oxygen atoms in total. The minimum Gasteiger partial charge on any atom is -0.494 e. The van der Waals surface area contributed by atoms with Gasteiger partial charge in [-0.2, -0.15) is 0 Å². The maximum absolute atomic E-state index is 12.3. The molecule has 35 heavy (non-hydrogen) atoms. The van der Waals surface area contributed by atoms with Crippen LogP contribution in [0.1, 0.15) is 29.8 Å². The number of hydrogen-bond acceptors (Lipinski definition) is 4. The summed E-state index contributed by atoms with van der Waals surface area (Å²) in [6.45, 7) is 5.68. The van der Waals surface area contributed by atoms with Crippen molar-refractivity contribution in [2.45, 2.75) is 39.8 Å². The molecule has 1 amide bonds. The van der Waals surface area contributed by atoms with Crippen LogP contribution in [0.5, 0.6) is 11.5 Å². The highest BCUT2D eigenvalue weighted by atomic mass is 35.5. The molecular weight excluding hydrogens is 462 g/mol. The Kier molecular flexibility index (Phi) is 8.27. The Morgan fingerprint density at radius 1 is 0.943 bits per heavy atom. The monoisotopic (exact) mass is 491 g/mol. The van der Waals surface area contributed by atoms with Gasteiger partial charge in [-0.3, -0.25) is 4.79 Å². The average Bonchev–Trinajstić information content (AvgIpc) is 3.22. The van der Waals surface area contributed by atoms with Crippen LogP contribution in [0.15, 0.2) is 66.7 Å². The van der Waals surface area contributed by atoms with Gasteiger partial charge in [-0.05, 0) is 74.2 Å². The second-order valence-corrected chi connectivity index (χ2v) is 8.85. The minimum atomic E-state index is -0.186. The predicted molar refractivity (Wildman–Crippen MR) is 139 cm³/mol. The molecule has 0 radical (unpaired) electrons. The molecule has 0 saturated heterocycles. The van der Waals surface area contributed by atoms with Crippen molar-refractivity contribution < 1.29 is 14.3 Å². The maximum Gasteiger partial charge on any atom is 0.258 e. The van der Waals surface area contributed by atoms with Crippen molar-refractivity contribution >= 4 is 28.5 Å². The third-order valence-electron chi connectivity index (χ3n) is 5.75. The molecule has 4 aromatic rings. The van der Waals surface area contributed by atoms with Crippen LogP contribution in [0.4, 0.5) is 0 Å². The molecule has 1 N–H and O–H groups in total. The molecule has 0 fully saturated rings. The van der Waals surface area contributed by atoms with Crippen molar-refractivity contribution in [1.29, 1.82) is 0 Å². The number of para-hydroxylation sites is 3. The van der Waals surface area contributed by atoms with Crippen LogP contribution in [0.2, 0.25) is 5.02 Å². The number of halogens is 1. The Morgan fingerprint density at radius 2 is 1.66 bits per heavy atom. The normalized spacial score (nSPS) is 10.9. The van der Waals surface area contributed by atoms with E-state index in [1.54, 1.807) is 0 Å². The smallest absolute Gasteiger partial charge is 0.258 e. The van der Waals surface area contributed by atoms with Gasteiger partial charge < -0.3 is 19.4 Å². The molecule has 0 saturated carbocycles. The second-order valence-electron chi connectivity index (χ2n) is 8.47.